The molecule has 0 bridgehead atoms. The lowest BCUT2D eigenvalue weighted by molar-refractivity contribution is 0.0546. The van der Waals surface area contributed by atoms with E-state index in [0.29, 0.717) is 25.0 Å². The molecular formula is C20H20N2O2. The van der Waals surface area contributed by atoms with Gasteiger partial charge in [-0.25, -0.2) is 0 Å². The van der Waals surface area contributed by atoms with Crippen molar-refractivity contribution in [3.8, 4) is 11.5 Å². The summed E-state index contributed by atoms with van der Waals surface area (Å²) in [6.07, 6.45) is 1.71. The molecule has 0 unspecified atom stereocenters. The van der Waals surface area contributed by atoms with Gasteiger partial charge < -0.3 is 9.15 Å². The number of hydrogen-bond acceptors (Lipinski definition) is 4. The Bertz CT molecular complexity index is 820. The fourth-order valence-corrected chi connectivity index (χ4v) is 3.41. The highest BCUT2D eigenvalue weighted by Crippen LogP contribution is 2.41. The summed E-state index contributed by atoms with van der Waals surface area (Å²) in [5.74, 6) is 1.27. The van der Waals surface area contributed by atoms with Crippen LogP contribution in [0.2, 0.25) is 0 Å². The molecule has 4 heteroatoms. The molecule has 0 spiro atoms. The van der Waals surface area contributed by atoms with Crippen LogP contribution < -0.4 is 0 Å². The second-order valence-corrected chi connectivity index (χ2v) is 6.34. The minimum atomic E-state index is -0.255. The van der Waals surface area contributed by atoms with Gasteiger partial charge in [0.2, 0.25) is 11.8 Å². The van der Waals surface area contributed by atoms with E-state index in [1.165, 1.54) is 11.1 Å². The maximum Gasteiger partial charge on any atom is 0.247 e. The van der Waals surface area contributed by atoms with E-state index < -0.39 is 0 Å². The van der Waals surface area contributed by atoms with Crippen LogP contribution in [0.4, 0.5) is 0 Å². The van der Waals surface area contributed by atoms with E-state index in [0.717, 1.165) is 18.4 Å². The lowest BCUT2D eigenvalue weighted by atomic mass is 9.74. The third kappa shape index (κ3) is 2.63. The second kappa shape index (κ2) is 6.21. The van der Waals surface area contributed by atoms with Crippen molar-refractivity contribution in [2.75, 3.05) is 13.2 Å². The molecule has 4 nitrogen and oxygen atoms in total. The van der Waals surface area contributed by atoms with Crippen LogP contribution >= 0.6 is 0 Å². The quantitative estimate of drug-likeness (QED) is 0.727. The van der Waals surface area contributed by atoms with Gasteiger partial charge in [-0.05, 0) is 37.5 Å². The highest BCUT2D eigenvalue weighted by atomic mass is 16.5. The van der Waals surface area contributed by atoms with E-state index in [9.17, 15) is 0 Å². The standard InChI is InChI=1S/C20H20N2O2/c1-15-6-5-7-16(14-15)18-21-22-19(24-18)20(10-12-23-13-11-20)17-8-3-2-4-9-17/h2-9,14H,10-13H2,1H3. The normalized spacial score (nSPS) is 16.9. The third-order valence-corrected chi connectivity index (χ3v) is 4.77. The molecule has 1 aromatic heterocycles. The zero-order chi connectivity index (χ0) is 16.4. The molecule has 1 aliphatic rings. The van der Waals surface area contributed by atoms with Crippen molar-refractivity contribution in [1.29, 1.82) is 0 Å². The molecule has 1 saturated heterocycles. The van der Waals surface area contributed by atoms with Gasteiger partial charge in [-0.2, -0.15) is 0 Å². The van der Waals surface area contributed by atoms with Gasteiger partial charge in [-0.1, -0.05) is 48.0 Å². The predicted octanol–water partition coefficient (Wildman–Crippen LogP) is 4.14. The Morgan fingerprint density at radius 2 is 1.71 bits per heavy atom. The van der Waals surface area contributed by atoms with Crippen LogP contribution in [0.15, 0.2) is 59.0 Å². The molecule has 4 rings (SSSR count). The first-order valence-corrected chi connectivity index (χ1v) is 8.32. The molecule has 0 amide bonds. The van der Waals surface area contributed by atoms with Crippen LogP contribution in [0, 0.1) is 6.92 Å². The minimum Gasteiger partial charge on any atom is -0.420 e. The van der Waals surface area contributed by atoms with Gasteiger partial charge >= 0.3 is 0 Å². The lowest BCUT2D eigenvalue weighted by Gasteiger charge is -2.34. The van der Waals surface area contributed by atoms with Crippen LogP contribution in [0.5, 0.6) is 0 Å². The lowest BCUT2D eigenvalue weighted by Crippen LogP contribution is -2.35. The molecule has 0 radical (unpaired) electrons. The fourth-order valence-electron chi connectivity index (χ4n) is 3.41. The van der Waals surface area contributed by atoms with Crippen LogP contribution in [-0.2, 0) is 10.2 Å². The highest BCUT2D eigenvalue weighted by Gasteiger charge is 2.41. The maximum absolute atomic E-state index is 6.14. The number of aryl methyl sites for hydroxylation is 1. The number of hydrogen-bond donors (Lipinski definition) is 0. The van der Waals surface area contributed by atoms with Crippen molar-refractivity contribution >= 4 is 0 Å². The number of ether oxygens (including phenoxy) is 1. The molecule has 2 aromatic carbocycles. The number of nitrogens with zero attached hydrogens (tertiary/aromatic N) is 2. The fraction of sp³-hybridized carbons (Fsp3) is 0.300. The Morgan fingerprint density at radius 1 is 0.917 bits per heavy atom. The van der Waals surface area contributed by atoms with Gasteiger partial charge in [0.25, 0.3) is 0 Å². The monoisotopic (exact) mass is 320 g/mol. The van der Waals surface area contributed by atoms with Gasteiger partial charge in [0, 0.05) is 18.8 Å². The summed E-state index contributed by atoms with van der Waals surface area (Å²) in [6, 6.07) is 18.6. The van der Waals surface area contributed by atoms with Gasteiger partial charge in [-0.15, -0.1) is 10.2 Å². The summed E-state index contributed by atoms with van der Waals surface area (Å²) in [4.78, 5) is 0. The van der Waals surface area contributed by atoms with Crippen molar-refractivity contribution in [1.82, 2.24) is 10.2 Å². The Balaban J connectivity index is 1.77. The first-order valence-electron chi connectivity index (χ1n) is 8.32. The van der Waals surface area contributed by atoms with E-state index in [1.807, 2.05) is 18.2 Å². The molecule has 1 fully saturated rings. The van der Waals surface area contributed by atoms with E-state index in [1.54, 1.807) is 0 Å². The van der Waals surface area contributed by atoms with E-state index in [2.05, 4.69) is 53.5 Å². The van der Waals surface area contributed by atoms with Crippen molar-refractivity contribution in [3.05, 3.63) is 71.6 Å². The summed E-state index contributed by atoms with van der Waals surface area (Å²) in [5, 5.41) is 8.74. The van der Waals surface area contributed by atoms with E-state index in [-0.39, 0.29) is 5.41 Å². The van der Waals surface area contributed by atoms with Gasteiger partial charge in [0.05, 0.1) is 5.41 Å². The second-order valence-electron chi connectivity index (χ2n) is 6.34. The summed E-state index contributed by atoms with van der Waals surface area (Å²) >= 11 is 0. The molecule has 1 aliphatic heterocycles. The van der Waals surface area contributed by atoms with Gasteiger partial charge in [-0.3, -0.25) is 0 Å². The zero-order valence-corrected chi connectivity index (χ0v) is 13.7. The summed E-state index contributed by atoms with van der Waals surface area (Å²) < 4.78 is 11.7. The van der Waals surface area contributed by atoms with Gasteiger partial charge in [0.15, 0.2) is 0 Å². The zero-order valence-electron chi connectivity index (χ0n) is 13.7. The number of benzene rings is 2. The molecule has 122 valence electrons. The SMILES string of the molecule is Cc1cccc(-c2nnc(C3(c4ccccc4)CCOCC3)o2)c1. The van der Waals surface area contributed by atoms with E-state index in [4.69, 9.17) is 9.15 Å². The number of aromatic nitrogens is 2. The minimum absolute atomic E-state index is 0.255. The van der Waals surface area contributed by atoms with Crippen molar-refractivity contribution in [3.63, 3.8) is 0 Å². The number of rotatable bonds is 3. The molecule has 0 aliphatic carbocycles. The predicted molar refractivity (Wildman–Crippen MR) is 91.7 cm³/mol. The molecular weight excluding hydrogens is 300 g/mol. The molecule has 2 heterocycles. The summed E-state index contributed by atoms with van der Waals surface area (Å²) in [5.41, 5.74) is 3.10. The van der Waals surface area contributed by atoms with Crippen LogP contribution in [0.1, 0.15) is 29.9 Å². The average Bonchev–Trinajstić information content (AvgIpc) is 3.14. The molecule has 3 aromatic rings. The summed E-state index contributed by atoms with van der Waals surface area (Å²) in [6.45, 7) is 3.47. The largest absolute Gasteiger partial charge is 0.420 e. The maximum atomic E-state index is 6.14. The Kier molecular flexibility index (Phi) is 3.90. The topological polar surface area (TPSA) is 48.2 Å². The molecule has 0 saturated carbocycles. The Hall–Kier alpha value is -2.46. The van der Waals surface area contributed by atoms with Crippen LogP contribution in [0.25, 0.3) is 11.5 Å². The van der Waals surface area contributed by atoms with Gasteiger partial charge in [0.1, 0.15) is 0 Å². The average molecular weight is 320 g/mol. The van der Waals surface area contributed by atoms with Crippen molar-refractivity contribution in [2.45, 2.75) is 25.2 Å². The Morgan fingerprint density at radius 3 is 2.46 bits per heavy atom. The van der Waals surface area contributed by atoms with Crippen LogP contribution in [0.3, 0.4) is 0 Å². The first kappa shape index (κ1) is 15.1. The molecule has 0 atom stereocenters. The van der Waals surface area contributed by atoms with Crippen LogP contribution in [-0.4, -0.2) is 23.4 Å². The molecule has 0 N–H and O–H groups in total. The smallest absolute Gasteiger partial charge is 0.247 e. The Labute approximate surface area is 141 Å². The third-order valence-electron chi connectivity index (χ3n) is 4.77. The van der Waals surface area contributed by atoms with Crippen molar-refractivity contribution < 1.29 is 9.15 Å². The summed E-state index contributed by atoms with van der Waals surface area (Å²) in [7, 11) is 0. The first-order chi connectivity index (χ1) is 11.8. The highest BCUT2D eigenvalue weighted by molar-refractivity contribution is 5.54. The van der Waals surface area contributed by atoms with Crippen molar-refractivity contribution in [2.24, 2.45) is 0 Å². The molecule has 24 heavy (non-hydrogen) atoms. The van der Waals surface area contributed by atoms with E-state index >= 15 is 0 Å².